The molecule has 25 heavy (non-hydrogen) atoms. The third-order valence-electron chi connectivity index (χ3n) is 4.23. The average Bonchev–Trinajstić information content (AvgIpc) is 3.12. The monoisotopic (exact) mass is 358 g/mol. The summed E-state index contributed by atoms with van der Waals surface area (Å²) in [6, 6.07) is 10.6. The number of benzene rings is 2. The van der Waals surface area contributed by atoms with E-state index in [1.54, 1.807) is 25.1 Å². The fourth-order valence-corrected chi connectivity index (χ4v) is 3.14. The van der Waals surface area contributed by atoms with Crippen LogP contribution < -0.4 is 10.4 Å². The molecule has 1 N–H and O–H groups in total. The summed E-state index contributed by atoms with van der Waals surface area (Å²) in [5.41, 5.74) is 4.91. The molecule has 0 bridgehead atoms. The molecule has 0 radical (unpaired) electrons. The largest absolute Gasteiger partial charge is 0.270 e. The first-order valence-electron chi connectivity index (χ1n) is 7.53. The number of amides is 2. The number of halogens is 2. The minimum atomic E-state index is -1.04. The zero-order chi connectivity index (χ0) is 17.7. The van der Waals surface area contributed by atoms with Gasteiger partial charge in [0, 0.05) is 10.6 Å². The van der Waals surface area contributed by atoms with Crippen LogP contribution in [0, 0.1) is 12.7 Å². The number of nitrogens with zero attached hydrogens (tertiary/aromatic N) is 1. The zero-order valence-electron chi connectivity index (χ0n) is 13.0. The summed E-state index contributed by atoms with van der Waals surface area (Å²) in [7, 11) is 0. The highest BCUT2D eigenvalue weighted by molar-refractivity contribution is 6.34. The maximum atomic E-state index is 13.1. The topological polar surface area (TPSA) is 58.6 Å². The van der Waals surface area contributed by atoms with Crippen LogP contribution >= 0.6 is 11.6 Å². The zero-order valence-corrected chi connectivity index (χ0v) is 13.8. The maximum absolute atomic E-state index is 13.1. The number of hydrogen-bond acceptors (Lipinski definition) is 4. The van der Waals surface area contributed by atoms with Crippen LogP contribution in [0.2, 0.25) is 5.02 Å². The van der Waals surface area contributed by atoms with Crippen molar-refractivity contribution < 1.29 is 18.8 Å². The summed E-state index contributed by atoms with van der Waals surface area (Å²) in [6.45, 7) is 1.79. The van der Waals surface area contributed by atoms with Crippen LogP contribution in [0.3, 0.4) is 0 Å². The molecule has 0 aromatic heterocycles. The Labute approximate surface area is 147 Å². The lowest BCUT2D eigenvalue weighted by Crippen LogP contribution is -2.34. The molecule has 4 rings (SSSR count). The molecule has 0 aliphatic carbocycles. The Balaban J connectivity index is 1.82. The van der Waals surface area contributed by atoms with E-state index in [4.69, 9.17) is 16.4 Å². The van der Waals surface area contributed by atoms with Crippen molar-refractivity contribution in [2.45, 2.75) is 13.0 Å². The van der Waals surface area contributed by atoms with Crippen LogP contribution in [0.15, 0.2) is 48.0 Å². The normalized spacial score (nSPS) is 19.5. The summed E-state index contributed by atoms with van der Waals surface area (Å²) in [6.07, 6.45) is -1.04. The van der Waals surface area contributed by atoms with E-state index in [9.17, 15) is 14.0 Å². The fourth-order valence-electron chi connectivity index (χ4n) is 2.98. The van der Waals surface area contributed by atoms with Gasteiger partial charge in [0.15, 0.2) is 6.10 Å². The summed E-state index contributed by atoms with van der Waals surface area (Å²) < 4.78 is 13.1. The van der Waals surface area contributed by atoms with Gasteiger partial charge in [-0.05, 0) is 48.9 Å². The van der Waals surface area contributed by atoms with E-state index in [0.29, 0.717) is 22.0 Å². The van der Waals surface area contributed by atoms with E-state index in [2.05, 4.69) is 5.48 Å². The summed E-state index contributed by atoms with van der Waals surface area (Å²) in [5.74, 6) is -1.37. The number of aryl methyl sites for hydroxylation is 1. The van der Waals surface area contributed by atoms with E-state index < -0.39 is 23.7 Å². The van der Waals surface area contributed by atoms with Crippen molar-refractivity contribution in [3.63, 3.8) is 0 Å². The highest BCUT2D eigenvalue weighted by atomic mass is 35.5. The molecule has 0 unspecified atom stereocenters. The SMILES string of the molecule is Cc1ccc(Cl)cc1N1C(=O)C2=C(c3ccc(F)cc3)NO[C@@H]2C1=O. The van der Waals surface area contributed by atoms with Crippen molar-refractivity contribution in [2.24, 2.45) is 0 Å². The third kappa shape index (κ3) is 2.42. The van der Waals surface area contributed by atoms with Crippen molar-refractivity contribution in [3.8, 4) is 0 Å². The molecule has 2 aromatic rings. The number of rotatable bonds is 2. The van der Waals surface area contributed by atoms with Crippen LogP contribution in [-0.2, 0) is 14.4 Å². The van der Waals surface area contributed by atoms with Gasteiger partial charge in [-0.15, -0.1) is 0 Å². The number of nitrogens with one attached hydrogen (secondary N) is 1. The lowest BCUT2D eigenvalue weighted by atomic mass is 10.0. The number of anilines is 1. The van der Waals surface area contributed by atoms with Gasteiger partial charge in [0.1, 0.15) is 5.82 Å². The minimum Gasteiger partial charge on any atom is -0.270 e. The number of carbonyl (C=O) groups excluding carboxylic acids is 2. The molecule has 1 fully saturated rings. The van der Waals surface area contributed by atoms with Crippen molar-refractivity contribution in [2.75, 3.05) is 4.90 Å². The number of hydrogen-bond donors (Lipinski definition) is 1. The first-order valence-corrected chi connectivity index (χ1v) is 7.91. The molecule has 2 aromatic carbocycles. The second kappa shape index (κ2) is 5.68. The first kappa shape index (κ1) is 15.8. The second-order valence-electron chi connectivity index (χ2n) is 5.81. The van der Waals surface area contributed by atoms with Gasteiger partial charge in [-0.3, -0.25) is 19.9 Å². The van der Waals surface area contributed by atoms with Gasteiger partial charge < -0.3 is 0 Å². The molecule has 0 saturated carbocycles. The van der Waals surface area contributed by atoms with Gasteiger partial charge in [-0.2, -0.15) is 0 Å². The number of hydroxylamine groups is 1. The van der Waals surface area contributed by atoms with Gasteiger partial charge in [-0.25, -0.2) is 9.29 Å². The average molecular weight is 359 g/mol. The number of fused-ring (bicyclic) bond motifs is 1. The molecule has 126 valence electrons. The standard InChI is InChI=1S/C18H12ClFN2O3/c1-9-2-5-11(19)8-13(9)22-17(23)14-15(21-25-16(14)18(22)24)10-3-6-12(20)7-4-10/h2-8,16,21H,1H3/t16-/m0/s1. The predicted octanol–water partition coefficient (Wildman–Crippen LogP) is 2.98. The van der Waals surface area contributed by atoms with Crippen LogP contribution in [-0.4, -0.2) is 17.9 Å². The van der Waals surface area contributed by atoms with E-state index in [1.807, 2.05) is 0 Å². The highest BCUT2D eigenvalue weighted by Crippen LogP contribution is 2.37. The Bertz CT molecular complexity index is 940. The number of imide groups is 1. The molecule has 2 heterocycles. The van der Waals surface area contributed by atoms with Gasteiger partial charge in [-0.1, -0.05) is 17.7 Å². The smallest absolute Gasteiger partial charge is 0.270 e. The van der Waals surface area contributed by atoms with E-state index in [-0.39, 0.29) is 5.57 Å². The van der Waals surface area contributed by atoms with Crippen LogP contribution in [0.5, 0.6) is 0 Å². The number of carbonyl (C=O) groups is 2. The molecule has 2 aliphatic heterocycles. The molecular weight excluding hydrogens is 347 g/mol. The molecule has 5 nitrogen and oxygen atoms in total. The van der Waals surface area contributed by atoms with E-state index >= 15 is 0 Å². The summed E-state index contributed by atoms with van der Waals surface area (Å²) in [5, 5.41) is 0.421. The Morgan fingerprint density at radius 3 is 2.60 bits per heavy atom. The van der Waals surface area contributed by atoms with Gasteiger partial charge in [0.25, 0.3) is 11.8 Å². The van der Waals surface area contributed by atoms with Crippen LogP contribution in [0.1, 0.15) is 11.1 Å². The maximum Gasteiger partial charge on any atom is 0.270 e. The van der Waals surface area contributed by atoms with Crippen molar-refractivity contribution in [1.29, 1.82) is 0 Å². The predicted molar refractivity (Wildman–Crippen MR) is 90.0 cm³/mol. The lowest BCUT2D eigenvalue weighted by molar-refractivity contribution is -0.127. The van der Waals surface area contributed by atoms with Crippen LogP contribution in [0.4, 0.5) is 10.1 Å². The van der Waals surface area contributed by atoms with Crippen molar-refractivity contribution >= 4 is 34.8 Å². The minimum absolute atomic E-state index is 0.205. The van der Waals surface area contributed by atoms with Gasteiger partial charge in [0.05, 0.1) is 17.0 Å². The second-order valence-corrected chi connectivity index (χ2v) is 6.24. The lowest BCUT2D eigenvalue weighted by Gasteiger charge is -2.18. The Morgan fingerprint density at radius 2 is 1.88 bits per heavy atom. The molecule has 1 atom stereocenters. The molecule has 0 spiro atoms. The highest BCUT2D eigenvalue weighted by Gasteiger charge is 2.50. The van der Waals surface area contributed by atoms with Crippen molar-refractivity contribution in [3.05, 3.63) is 70.0 Å². The summed E-state index contributed by atoms with van der Waals surface area (Å²) >= 11 is 6.01. The quantitative estimate of drug-likeness (QED) is 0.838. The molecular formula is C18H12ClFN2O3. The molecule has 2 amide bonds. The van der Waals surface area contributed by atoms with Gasteiger partial charge >= 0.3 is 0 Å². The Morgan fingerprint density at radius 1 is 1.16 bits per heavy atom. The first-order chi connectivity index (χ1) is 12.0. The van der Waals surface area contributed by atoms with E-state index in [1.165, 1.54) is 24.3 Å². The fraction of sp³-hybridized carbons (Fsp3) is 0.111. The Kier molecular flexibility index (Phi) is 3.59. The third-order valence-corrected chi connectivity index (χ3v) is 4.47. The van der Waals surface area contributed by atoms with Crippen LogP contribution in [0.25, 0.3) is 5.70 Å². The van der Waals surface area contributed by atoms with Gasteiger partial charge in [0.2, 0.25) is 0 Å². The molecule has 2 aliphatic rings. The van der Waals surface area contributed by atoms with E-state index in [0.717, 1.165) is 10.5 Å². The Hall–Kier alpha value is -2.70. The molecule has 7 heteroatoms. The van der Waals surface area contributed by atoms with Crippen molar-refractivity contribution in [1.82, 2.24) is 5.48 Å². The molecule has 1 saturated heterocycles. The summed E-state index contributed by atoms with van der Waals surface area (Å²) in [4.78, 5) is 32.0.